The zero-order valence-electron chi connectivity index (χ0n) is 18.5. The summed E-state index contributed by atoms with van der Waals surface area (Å²) >= 11 is 0. The molecule has 2 aliphatic rings. The van der Waals surface area contributed by atoms with Crippen LogP contribution < -0.4 is 0 Å². The molecular formula is C22H38N2O2. The first-order valence-corrected chi connectivity index (χ1v) is 9.83. The SMILES string of the molecule is CC(=O)N1C(C)(C)CC(=C2CC(C)(C)N(C(C)=O)C(C)(C)C2)CC1(C)C. The average molecular weight is 363 g/mol. The summed E-state index contributed by atoms with van der Waals surface area (Å²) in [7, 11) is 0. The molecule has 26 heavy (non-hydrogen) atoms. The van der Waals surface area contributed by atoms with Gasteiger partial charge in [0.15, 0.2) is 0 Å². The van der Waals surface area contributed by atoms with Crippen molar-refractivity contribution in [1.29, 1.82) is 0 Å². The fourth-order valence-electron chi connectivity index (χ4n) is 6.37. The van der Waals surface area contributed by atoms with Crippen molar-refractivity contribution in [2.45, 2.75) is 117 Å². The van der Waals surface area contributed by atoms with E-state index < -0.39 is 0 Å². The van der Waals surface area contributed by atoms with Gasteiger partial charge in [-0.05, 0) is 81.1 Å². The van der Waals surface area contributed by atoms with E-state index in [2.05, 4.69) is 65.2 Å². The first kappa shape index (κ1) is 21.0. The molecule has 4 heteroatoms. The van der Waals surface area contributed by atoms with Gasteiger partial charge in [-0.15, -0.1) is 0 Å². The molecule has 2 heterocycles. The van der Waals surface area contributed by atoms with E-state index in [9.17, 15) is 9.59 Å². The van der Waals surface area contributed by atoms with E-state index in [1.54, 1.807) is 13.8 Å². The summed E-state index contributed by atoms with van der Waals surface area (Å²) in [4.78, 5) is 28.7. The van der Waals surface area contributed by atoms with Crippen LogP contribution in [-0.2, 0) is 9.59 Å². The van der Waals surface area contributed by atoms with Crippen LogP contribution in [0.25, 0.3) is 0 Å². The number of hydrogen-bond acceptors (Lipinski definition) is 2. The summed E-state index contributed by atoms with van der Waals surface area (Å²) < 4.78 is 0. The summed E-state index contributed by atoms with van der Waals surface area (Å²) in [6, 6.07) is 0. The van der Waals surface area contributed by atoms with Gasteiger partial charge in [0.1, 0.15) is 0 Å². The highest BCUT2D eigenvalue weighted by molar-refractivity contribution is 5.76. The molecule has 0 N–H and O–H groups in total. The van der Waals surface area contributed by atoms with Crippen molar-refractivity contribution in [3.63, 3.8) is 0 Å². The van der Waals surface area contributed by atoms with Crippen LogP contribution in [0.5, 0.6) is 0 Å². The van der Waals surface area contributed by atoms with Gasteiger partial charge in [-0.1, -0.05) is 11.1 Å². The number of hydrogen-bond donors (Lipinski definition) is 0. The topological polar surface area (TPSA) is 40.6 Å². The molecule has 2 aliphatic heterocycles. The maximum Gasteiger partial charge on any atom is 0.220 e. The van der Waals surface area contributed by atoms with Gasteiger partial charge in [0.05, 0.1) is 0 Å². The third kappa shape index (κ3) is 3.57. The molecule has 0 aliphatic carbocycles. The number of carbonyl (C=O) groups is 2. The normalized spacial score (nSPS) is 26.7. The molecule has 0 saturated carbocycles. The van der Waals surface area contributed by atoms with Gasteiger partial charge in [0.25, 0.3) is 0 Å². The maximum absolute atomic E-state index is 12.3. The molecule has 0 aromatic heterocycles. The van der Waals surface area contributed by atoms with Gasteiger partial charge in [0.2, 0.25) is 11.8 Å². The van der Waals surface area contributed by atoms with Crippen LogP contribution in [0.1, 0.15) is 94.9 Å². The molecule has 0 aromatic carbocycles. The monoisotopic (exact) mass is 362 g/mol. The second kappa shape index (κ2) is 6.10. The second-order valence-corrected chi connectivity index (χ2v) is 10.9. The van der Waals surface area contributed by atoms with Gasteiger partial charge >= 0.3 is 0 Å². The lowest BCUT2D eigenvalue weighted by atomic mass is 9.69. The van der Waals surface area contributed by atoms with E-state index in [-0.39, 0.29) is 34.0 Å². The summed E-state index contributed by atoms with van der Waals surface area (Å²) in [5.74, 6) is 0.298. The van der Waals surface area contributed by atoms with Crippen LogP contribution >= 0.6 is 0 Å². The lowest BCUT2D eigenvalue weighted by Gasteiger charge is -2.57. The zero-order chi connectivity index (χ0) is 20.3. The van der Waals surface area contributed by atoms with Gasteiger partial charge in [-0.2, -0.15) is 0 Å². The van der Waals surface area contributed by atoms with Crippen LogP contribution in [-0.4, -0.2) is 43.8 Å². The van der Waals surface area contributed by atoms with Gasteiger partial charge in [-0.25, -0.2) is 0 Å². The highest BCUT2D eigenvalue weighted by Crippen LogP contribution is 2.48. The van der Waals surface area contributed by atoms with Crippen molar-refractivity contribution in [1.82, 2.24) is 9.80 Å². The Morgan fingerprint density at radius 1 is 0.577 bits per heavy atom. The Morgan fingerprint density at radius 3 is 0.923 bits per heavy atom. The zero-order valence-corrected chi connectivity index (χ0v) is 18.5. The van der Waals surface area contributed by atoms with E-state index in [0.29, 0.717) is 0 Å². The number of rotatable bonds is 0. The third-order valence-electron chi connectivity index (χ3n) is 6.14. The summed E-state index contributed by atoms with van der Waals surface area (Å²) in [6.45, 7) is 20.8. The maximum atomic E-state index is 12.3. The van der Waals surface area contributed by atoms with Crippen LogP contribution in [0.3, 0.4) is 0 Å². The Hall–Kier alpha value is -1.32. The van der Waals surface area contributed by atoms with E-state index >= 15 is 0 Å². The molecule has 0 spiro atoms. The van der Waals surface area contributed by atoms with Crippen LogP contribution in [0.15, 0.2) is 11.1 Å². The molecule has 4 nitrogen and oxygen atoms in total. The molecule has 2 saturated heterocycles. The molecule has 2 fully saturated rings. The molecule has 0 bridgehead atoms. The summed E-state index contributed by atoms with van der Waals surface area (Å²) in [6.07, 6.45) is 3.66. The van der Waals surface area contributed by atoms with Crippen molar-refractivity contribution in [3.05, 3.63) is 11.1 Å². The Balaban J connectivity index is 2.49. The molecule has 0 atom stereocenters. The molecule has 0 unspecified atom stereocenters. The third-order valence-corrected chi connectivity index (χ3v) is 6.14. The molecule has 0 aromatic rings. The molecule has 2 amide bonds. The Kier molecular flexibility index (Phi) is 4.92. The predicted molar refractivity (Wildman–Crippen MR) is 107 cm³/mol. The van der Waals surface area contributed by atoms with Crippen LogP contribution in [0.2, 0.25) is 0 Å². The van der Waals surface area contributed by atoms with E-state index in [4.69, 9.17) is 0 Å². The number of nitrogens with zero attached hydrogens (tertiary/aromatic N) is 2. The minimum absolute atomic E-state index is 0.149. The highest BCUT2D eigenvalue weighted by Gasteiger charge is 2.49. The highest BCUT2D eigenvalue weighted by atomic mass is 16.2. The number of likely N-dealkylation sites (tertiary alicyclic amines) is 2. The Bertz CT molecular complexity index is 557. The predicted octanol–water partition coefficient (Wildman–Crippen LogP) is 4.68. The molecule has 2 rings (SSSR count). The van der Waals surface area contributed by atoms with Crippen molar-refractivity contribution in [3.8, 4) is 0 Å². The Morgan fingerprint density at radius 2 is 0.769 bits per heavy atom. The van der Waals surface area contributed by atoms with E-state index in [1.807, 2.05) is 0 Å². The smallest absolute Gasteiger partial charge is 0.220 e. The second-order valence-electron chi connectivity index (χ2n) is 10.9. The summed E-state index contributed by atoms with van der Waals surface area (Å²) in [5, 5.41) is 0. The van der Waals surface area contributed by atoms with Gasteiger partial charge < -0.3 is 9.80 Å². The van der Waals surface area contributed by atoms with E-state index in [1.165, 1.54) is 11.1 Å². The fourth-order valence-corrected chi connectivity index (χ4v) is 6.37. The summed E-state index contributed by atoms with van der Waals surface area (Å²) in [5.41, 5.74) is 2.21. The minimum atomic E-state index is -0.193. The van der Waals surface area contributed by atoms with Gasteiger partial charge in [0, 0.05) is 36.0 Å². The van der Waals surface area contributed by atoms with Crippen molar-refractivity contribution >= 4 is 11.8 Å². The van der Waals surface area contributed by atoms with Crippen LogP contribution in [0.4, 0.5) is 0 Å². The van der Waals surface area contributed by atoms with Crippen molar-refractivity contribution in [2.75, 3.05) is 0 Å². The molecular weight excluding hydrogens is 324 g/mol. The minimum Gasteiger partial charge on any atom is -0.332 e. The first-order chi connectivity index (χ1) is 11.5. The first-order valence-electron chi connectivity index (χ1n) is 9.83. The standard InChI is InChI=1S/C22H38N2O2/c1-15(25)23-19(3,4)11-17(12-20(23,5)6)18-13-21(7,8)24(16(2)26)22(9,10)14-18/h11-14H2,1-10H3. The molecule has 148 valence electrons. The number of carbonyl (C=O) groups excluding carboxylic acids is 2. The lowest BCUT2D eigenvalue weighted by molar-refractivity contribution is -0.146. The van der Waals surface area contributed by atoms with E-state index in [0.717, 1.165) is 25.7 Å². The average Bonchev–Trinajstić information content (AvgIpc) is 2.30. The largest absolute Gasteiger partial charge is 0.332 e. The quantitative estimate of drug-likeness (QED) is 0.587. The van der Waals surface area contributed by atoms with Crippen molar-refractivity contribution in [2.24, 2.45) is 0 Å². The molecule has 0 radical (unpaired) electrons. The Labute approximate surface area is 160 Å². The number of amides is 2. The number of piperidine rings is 2. The van der Waals surface area contributed by atoms with Crippen LogP contribution in [0, 0.1) is 0 Å². The van der Waals surface area contributed by atoms with Gasteiger partial charge in [-0.3, -0.25) is 9.59 Å². The fraction of sp³-hybridized carbons (Fsp3) is 0.818. The lowest BCUT2D eigenvalue weighted by Crippen LogP contribution is -2.62. The van der Waals surface area contributed by atoms with Crippen molar-refractivity contribution < 1.29 is 9.59 Å².